The Balaban J connectivity index is 2.16. The minimum Gasteiger partial charge on any atom is -0.344 e. The number of nitrogens with one attached hydrogen (secondary N) is 1. The Hall–Kier alpha value is -2.10. The number of hydrogen-bond acceptors (Lipinski definition) is 2. The highest BCUT2D eigenvalue weighted by Crippen LogP contribution is 2.18. The molecule has 0 fully saturated rings. The van der Waals surface area contributed by atoms with E-state index in [2.05, 4.69) is 48.5 Å². The summed E-state index contributed by atoms with van der Waals surface area (Å²) in [5.74, 6) is -0.0828. The van der Waals surface area contributed by atoms with Crippen molar-refractivity contribution >= 4 is 5.91 Å². The monoisotopic (exact) mass is 271 g/mol. The molecule has 1 unspecified atom stereocenters. The Labute approximate surface area is 119 Å². The van der Waals surface area contributed by atoms with E-state index in [9.17, 15) is 4.79 Å². The SMILES string of the molecule is CCC(NC(=O)c1cc(C)nn1C)c1ccc(C)cc1. The molecule has 2 rings (SSSR count). The van der Waals surface area contributed by atoms with Gasteiger partial charge in [-0.25, -0.2) is 0 Å². The molecular weight excluding hydrogens is 250 g/mol. The van der Waals surface area contributed by atoms with E-state index in [0.29, 0.717) is 5.69 Å². The second-order valence-corrected chi connectivity index (χ2v) is 5.14. The fourth-order valence-corrected chi connectivity index (χ4v) is 2.28. The molecule has 1 aromatic heterocycles. The summed E-state index contributed by atoms with van der Waals surface area (Å²) in [4.78, 5) is 12.3. The molecule has 2 aromatic rings. The van der Waals surface area contributed by atoms with Crippen molar-refractivity contribution in [1.29, 1.82) is 0 Å². The van der Waals surface area contributed by atoms with Gasteiger partial charge in [-0.3, -0.25) is 9.48 Å². The molecule has 1 atom stereocenters. The van der Waals surface area contributed by atoms with Crippen LogP contribution in [-0.4, -0.2) is 15.7 Å². The van der Waals surface area contributed by atoms with E-state index in [-0.39, 0.29) is 11.9 Å². The lowest BCUT2D eigenvalue weighted by atomic mass is 10.0. The molecule has 0 spiro atoms. The third-order valence-corrected chi connectivity index (χ3v) is 3.43. The molecule has 0 aliphatic heterocycles. The van der Waals surface area contributed by atoms with Gasteiger partial charge in [0.15, 0.2) is 0 Å². The molecule has 0 saturated heterocycles. The van der Waals surface area contributed by atoms with Crippen LogP contribution in [0.5, 0.6) is 0 Å². The Morgan fingerprint density at radius 3 is 2.45 bits per heavy atom. The largest absolute Gasteiger partial charge is 0.344 e. The lowest BCUT2D eigenvalue weighted by molar-refractivity contribution is 0.0926. The number of aryl methyl sites for hydroxylation is 3. The van der Waals surface area contributed by atoms with Gasteiger partial charge < -0.3 is 5.32 Å². The van der Waals surface area contributed by atoms with Crippen LogP contribution in [0.25, 0.3) is 0 Å². The van der Waals surface area contributed by atoms with Crippen molar-refractivity contribution in [2.75, 3.05) is 0 Å². The zero-order valence-electron chi connectivity index (χ0n) is 12.5. The van der Waals surface area contributed by atoms with Crippen LogP contribution >= 0.6 is 0 Å². The van der Waals surface area contributed by atoms with Gasteiger partial charge in [-0.2, -0.15) is 5.10 Å². The van der Waals surface area contributed by atoms with Gasteiger partial charge in [0, 0.05) is 7.05 Å². The van der Waals surface area contributed by atoms with Crippen molar-refractivity contribution in [3.63, 3.8) is 0 Å². The molecule has 4 heteroatoms. The fourth-order valence-electron chi connectivity index (χ4n) is 2.28. The number of hydrogen-bond donors (Lipinski definition) is 1. The van der Waals surface area contributed by atoms with Gasteiger partial charge in [-0.1, -0.05) is 36.8 Å². The third-order valence-electron chi connectivity index (χ3n) is 3.43. The first-order valence-corrected chi connectivity index (χ1v) is 6.89. The summed E-state index contributed by atoms with van der Waals surface area (Å²) >= 11 is 0. The van der Waals surface area contributed by atoms with E-state index in [4.69, 9.17) is 0 Å². The van der Waals surface area contributed by atoms with Crippen LogP contribution in [0.1, 0.15) is 46.7 Å². The Kier molecular flexibility index (Phi) is 4.23. The molecule has 1 amide bonds. The minimum atomic E-state index is -0.0828. The molecule has 0 aliphatic rings. The molecule has 0 bridgehead atoms. The maximum Gasteiger partial charge on any atom is 0.270 e. The highest BCUT2D eigenvalue weighted by atomic mass is 16.2. The first kappa shape index (κ1) is 14.3. The number of carbonyl (C=O) groups excluding carboxylic acids is 1. The number of carbonyl (C=O) groups is 1. The van der Waals surface area contributed by atoms with Crippen LogP contribution in [0.3, 0.4) is 0 Å². The van der Waals surface area contributed by atoms with Crippen molar-refractivity contribution in [3.8, 4) is 0 Å². The average Bonchev–Trinajstić information content (AvgIpc) is 2.76. The molecule has 0 radical (unpaired) electrons. The Bertz CT molecular complexity index is 599. The summed E-state index contributed by atoms with van der Waals surface area (Å²) in [5.41, 5.74) is 3.79. The number of amides is 1. The number of benzene rings is 1. The Morgan fingerprint density at radius 2 is 1.95 bits per heavy atom. The topological polar surface area (TPSA) is 46.9 Å². The second-order valence-electron chi connectivity index (χ2n) is 5.14. The fraction of sp³-hybridized carbons (Fsp3) is 0.375. The van der Waals surface area contributed by atoms with Gasteiger partial charge in [-0.15, -0.1) is 0 Å². The molecule has 1 heterocycles. The summed E-state index contributed by atoms with van der Waals surface area (Å²) in [6.07, 6.45) is 0.853. The summed E-state index contributed by atoms with van der Waals surface area (Å²) in [5, 5.41) is 7.28. The first-order valence-electron chi connectivity index (χ1n) is 6.89. The maximum absolute atomic E-state index is 12.3. The van der Waals surface area contributed by atoms with Gasteiger partial charge in [0.2, 0.25) is 0 Å². The van der Waals surface area contributed by atoms with Crippen molar-refractivity contribution in [1.82, 2.24) is 15.1 Å². The molecule has 106 valence electrons. The quantitative estimate of drug-likeness (QED) is 0.929. The van der Waals surface area contributed by atoms with E-state index in [1.165, 1.54) is 5.56 Å². The highest BCUT2D eigenvalue weighted by Gasteiger charge is 2.17. The zero-order valence-corrected chi connectivity index (χ0v) is 12.5. The van der Waals surface area contributed by atoms with Gasteiger partial charge in [0.25, 0.3) is 5.91 Å². The molecule has 1 aromatic carbocycles. The molecular formula is C16H21N3O. The number of aromatic nitrogens is 2. The summed E-state index contributed by atoms with van der Waals surface area (Å²) < 4.78 is 1.62. The van der Waals surface area contributed by atoms with Crippen LogP contribution in [0.15, 0.2) is 30.3 Å². The summed E-state index contributed by atoms with van der Waals surface area (Å²) in [6.45, 7) is 6.01. The molecule has 1 N–H and O–H groups in total. The van der Waals surface area contributed by atoms with Crippen LogP contribution in [0.2, 0.25) is 0 Å². The number of rotatable bonds is 4. The summed E-state index contributed by atoms with van der Waals surface area (Å²) in [6, 6.07) is 10.1. The van der Waals surface area contributed by atoms with Crippen molar-refractivity contribution in [3.05, 3.63) is 52.8 Å². The lowest BCUT2D eigenvalue weighted by Gasteiger charge is -2.17. The predicted octanol–water partition coefficient (Wildman–Crippen LogP) is 2.92. The van der Waals surface area contributed by atoms with Crippen molar-refractivity contribution in [2.45, 2.75) is 33.2 Å². The van der Waals surface area contributed by atoms with Crippen LogP contribution < -0.4 is 5.32 Å². The van der Waals surface area contributed by atoms with Gasteiger partial charge >= 0.3 is 0 Å². The number of nitrogens with zero attached hydrogens (tertiary/aromatic N) is 2. The normalized spacial score (nSPS) is 12.2. The van der Waals surface area contributed by atoms with Crippen molar-refractivity contribution < 1.29 is 4.79 Å². The lowest BCUT2D eigenvalue weighted by Crippen LogP contribution is -2.29. The van der Waals surface area contributed by atoms with Crippen LogP contribution in [0.4, 0.5) is 0 Å². The van der Waals surface area contributed by atoms with E-state index in [1.807, 2.05) is 6.92 Å². The summed E-state index contributed by atoms with van der Waals surface area (Å²) in [7, 11) is 1.79. The van der Waals surface area contributed by atoms with E-state index < -0.39 is 0 Å². The van der Waals surface area contributed by atoms with Gasteiger partial charge in [0.1, 0.15) is 5.69 Å². The van der Waals surface area contributed by atoms with E-state index in [0.717, 1.165) is 17.7 Å². The van der Waals surface area contributed by atoms with Gasteiger partial charge in [0.05, 0.1) is 11.7 Å². The first-order chi connectivity index (χ1) is 9.51. The van der Waals surface area contributed by atoms with E-state index in [1.54, 1.807) is 17.8 Å². The van der Waals surface area contributed by atoms with Crippen LogP contribution in [0, 0.1) is 13.8 Å². The second kappa shape index (κ2) is 5.90. The van der Waals surface area contributed by atoms with E-state index >= 15 is 0 Å². The van der Waals surface area contributed by atoms with Gasteiger partial charge in [-0.05, 0) is 31.9 Å². The predicted molar refractivity (Wildman–Crippen MR) is 79.6 cm³/mol. The Morgan fingerprint density at radius 1 is 1.30 bits per heavy atom. The molecule has 0 saturated carbocycles. The molecule has 20 heavy (non-hydrogen) atoms. The smallest absolute Gasteiger partial charge is 0.270 e. The maximum atomic E-state index is 12.3. The average molecular weight is 271 g/mol. The molecule has 4 nitrogen and oxygen atoms in total. The highest BCUT2D eigenvalue weighted by molar-refractivity contribution is 5.92. The van der Waals surface area contributed by atoms with Crippen LogP contribution in [-0.2, 0) is 7.05 Å². The zero-order chi connectivity index (χ0) is 14.7. The third kappa shape index (κ3) is 3.07. The minimum absolute atomic E-state index is 0.0262. The van der Waals surface area contributed by atoms with Crippen molar-refractivity contribution in [2.24, 2.45) is 7.05 Å². The standard InChI is InChI=1S/C16H21N3O/c1-5-14(13-8-6-11(2)7-9-13)17-16(20)15-10-12(3)18-19(15)4/h6-10,14H,5H2,1-4H3,(H,17,20). The molecule has 0 aliphatic carbocycles.